The van der Waals surface area contributed by atoms with Gasteiger partial charge in [-0.2, -0.15) is 0 Å². The van der Waals surface area contributed by atoms with Crippen molar-refractivity contribution < 1.29 is 19.4 Å². The van der Waals surface area contributed by atoms with Crippen molar-refractivity contribution in [1.29, 1.82) is 0 Å². The summed E-state index contributed by atoms with van der Waals surface area (Å²) < 4.78 is 10.2. The minimum Gasteiger partial charge on any atom is -0.507 e. The highest BCUT2D eigenvalue weighted by Gasteiger charge is 2.14. The topological polar surface area (TPSA) is 55.8 Å². The summed E-state index contributed by atoms with van der Waals surface area (Å²) in [5, 5.41) is 10.9. The predicted octanol–water partition coefficient (Wildman–Crippen LogP) is 4.66. The number of thioether (sulfide) groups is 1. The van der Waals surface area contributed by atoms with Crippen LogP contribution in [0.15, 0.2) is 41.3 Å². The van der Waals surface area contributed by atoms with Gasteiger partial charge in [-0.1, -0.05) is 23.2 Å². The molecule has 0 aliphatic heterocycles. The lowest BCUT2D eigenvalue weighted by molar-refractivity contribution is 0.0526. The molecular formula is C16H14Cl2O4S. The van der Waals surface area contributed by atoms with Crippen molar-refractivity contribution in [2.45, 2.75) is 4.90 Å². The molecule has 2 aromatic rings. The first-order valence-electron chi connectivity index (χ1n) is 6.63. The second-order valence-corrected chi connectivity index (χ2v) is 6.42. The van der Waals surface area contributed by atoms with Gasteiger partial charge in [0.2, 0.25) is 0 Å². The van der Waals surface area contributed by atoms with Crippen LogP contribution in [0, 0.1) is 0 Å². The molecule has 4 nitrogen and oxygen atoms in total. The lowest BCUT2D eigenvalue weighted by Gasteiger charge is -2.08. The maximum Gasteiger partial charge on any atom is 0.342 e. The molecule has 23 heavy (non-hydrogen) atoms. The summed E-state index contributed by atoms with van der Waals surface area (Å²) in [6.45, 7) is 0.170. The Balaban J connectivity index is 1.89. The zero-order valence-electron chi connectivity index (χ0n) is 12.2. The molecule has 0 heterocycles. The minimum atomic E-state index is -0.612. The highest BCUT2D eigenvalue weighted by molar-refractivity contribution is 7.99. The van der Waals surface area contributed by atoms with Gasteiger partial charge in [0.1, 0.15) is 23.7 Å². The molecule has 7 heteroatoms. The maximum absolute atomic E-state index is 12.0. The Labute approximate surface area is 148 Å². The third kappa shape index (κ3) is 4.96. The molecule has 0 spiro atoms. The number of esters is 1. The maximum atomic E-state index is 12.0. The molecule has 1 N–H and O–H groups in total. The van der Waals surface area contributed by atoms with Crippen molar-refractivity contribution in [3.63, 3.8) is 0 Å². The van der Waals surface area contributed by atoms with Crippen LogP contribution in [-0.4, -0.2) is 30.5 Å². The number of phenols is 1. The molecule has 2 aromatic carbocycles. The van der Waals surface area contributed by atoms with E-state index in [1.54, 1.807) is 24.3 Å². The van der Waals surface area contributed by atoms with Crippen molar-refractivity contribution in [1.82, 2.24) is 0 Å². The fraction of sp³-hybridized carbons (Fsp3) is 0.188. The Hall–Kier alpha value is -1.56. The Morgan fingerprint density at radius 2 is 2.00 bits per heavy atom. The number of methoxy groups -OCH3 is 1. The van der Waals surface area contributed by atoms with E-state index >= 15 is 0 Å². The molecule has 0 atom stereocenters. The van der Waals surface area contributed by atoms with Crippen molar-refractivity contribution in [2.24, 2.45) is 0 Å². The van der Waals surface area contributed by atoms with Gasteiger partial charge in [0.15, 0.2) is 0 Å². The van der Waals surface area contributed by atoms with Gasteiger partial charge in [0, 0.05) is 15.7 Å². The molecule has 0 aromatic heterocycles. The molecule has 0 aliphatic rings. The van der Waals surface area contributed by atoms with E-state index < -0.39 is 5.97 Å². The Bertz CT molecular complexity index is 706. The summed E-state index contributed by atoms with van der Waals surface area (Å²) in [5.41, 5.74) is 0.0649. The minimum absolute atomic E-state index is 0.0649. The number of carbonyl (C=O) groups is 1. The van der Waals surface area contributed by atoms with Gasteiger partial charge in [-0.05, 0) is 36.4 Å². The first-order valence-corrected chi connectivity index (χ1v) is 8.37. The first kappa shape index (κ1) is 17.8. The number of phenolic OH excluding ortho intramolecular Hbond substituents is 1. The SMILES string of the molecule is COc1ccc(O)c(C(=O)OCCSc2cc(Cl)ccc2Cl)c1. The van der Waals surface area contributed by atoms with Gasteiger partial charge in [-0.3, -0.25) is 0 Å². The third-order valence-corrected chi connectivity index (χ3v) is 4.59. The van der Waals surface area contributed by atoms with E-state index in [1.165, 1.54) is 31.0 Å². The molecule has 0 fully saturated rings. The summed E-state index contributed by atoms with van der Waals surface area (Å²) in [7, 11) is 1.48. The van der Waals surface area contributed by atoms with Crippen molar-refractivity contribution >= 4 is 40.9 Å². The zero-order valence-corrected chi connectivity index (χ0v) is 14.5. The second kappa shape index (κ2) is 8.34. The highest BCUT2D eigenvalue weighted by Crippen LogP contribution is 2.30. The quantitative estimate of drug-likeness (QED) is 0.454. The normalized spacial score (nSPS) is 10.4. The predicted molar refractivity (Wildman–Crippen MR) is 92.1 cm³/mol. The number of carbonyl (C=O) groups excluding carboxylic acids is 1. The lowest BCUT2D eigenvalue weighted by atomic mass is 10.2. The van der Waals surface area contributed by atoms with Gasteiger partial charge in [0.25, 0.3) is 0 Å². The fourth-order valence-corrected chi connectivity index (χ4v) is 3.08. The Kier molecular flexibility index (Phi) is 6.45. The molecular weight excluding hydrogens is 359 g/mol. The van der Waals surface area contributed by atoms with Crippen LogP contribution in [0.5, 0.6) is 11.5 Å². The van der Waals surface area contributed by atoms with Crippen LogP contribution >= 0.6 is 35.0 Å². The molecule has 0 saturated carbocycles. The summed E-state index contributed by atoms with van der Waals surface area (Å²) in [6.07, 6.45) is 0. The van der Waals surface area contributed by atoms with Crippen LogP contribution in [0.2, 0.25) is 10.0 Å². The van der Waals surface area contributed by atoms with E-state index in [0.29, 0.717) is 21.5 Å². The van der Waals surface area contributed by atoms with Crippen LogP contribution in [0.4, 0.5) is 0 Å². The first-order chi connectivity index (χ1) is 11.0. The van der Waals surface area contributed by atoms with Gasteiger partial charge >= 0.3 is 5.97 Å². The molecule has 0 saturated heterocycles. The molecule has 0 amide bonds. The summed E-state index contributed by atoms with van der Waals surface area (Å²) >= 11 is 13.4. The van der Waals surface area contributed by atoms with Crippen LogP contribution < -0.4 is 4.74 Å². The number of benzene rings is 2. The largest absolute Gasteiger partial charge is 0.507 e. The van der Waals surface area contributed by atoms with Gasteiger partial charge in [-0.25, -0.2) is 4.79 Å². The molecule has 122 valence electrons. The van der Waals surface area contributed by atoms with Gasteiger partial charge in [-0.15, -0.1) is 11.8 Å². The van der Waals surface area contributed by atoms with Crippen molar-refractivity contribution in [3.8, 4) is 11.5 Å². The lowest BCUT2D eigenvalue weighted by Crippen LogP contribution is -2.08. The standard InChI is InChI=1S/C16H14Cl2O4S/c1-21-11-3-5-14(19)12(9-11)16(20)22-6-7-23-15-8-10(17)2-4-13(15)18/h2-5,8-9,19H,6-7H2,1H3. The Morgan fingerprint density at radius 1 is 1.22 bits per heavy atom. The number of hydrogen-bond acceptors (Lipinski definition) is 5. The van der Waals surface area contributed by atoms with E-state index in [4.69, 9.17) is 32.7 Å². The fourth-order valence-electron chi connectivity index (χ4n) is 1.76. The van der Waals surface area contributed by atoms with Crippen LogP contribution in [0.3, 0.4) is 0 Å². The van der Waals surface area contributed by atoms with E-state index in [0.717, 1.165) is 4.90 Å². The van der Waals surface area contributed by atoms with Crippen LogP contribution in [-0.2, 0) is 4.74 Å². The monoisotopic (exact) mass is 372 g/mol. The molecule has 0 bridgehead atoms. The van der Waals surface area contributed by atoms with E-state index in [9.17, 15) is 9.90 Å². The molecule has 0 radical (unpaired) electrons. The molecule has 0 aliphatic carbocycles. The van der Waals surface area contributed by atoms with E-state index in [1.807, 2.05) is 0 Å². The summed E-state index contributed by atoms with van der Waals surface area (Å²) in [5.74, 6) is 0.214. The number of ether oxygens (including phenoxy) is 2. The van der Waals surface area contributed by atoms with Gasteiger partial charge in [0.05, 0.1) is 12.1 Å². The summed E-state index contributed by atoms with van der Waals surface area (Å²) in [4.78, 5) is 12.8. The van der Waals surface area contributed by atoms with Gasteiger partial charge < -0.3 is 14.6 Å². The van der Waals surface area contributed by atoms with Crippen LogP contribution in [0.25, 0.3) is 0 Å². The molecule has 0 unspecified atom stereocenters. The number of halogens is 2. The van der Waals surface area contributed by atoms with Crippen molar-refractivity contribution in [3.05, 3.63) is 52.0 Å². The Morgan fingerprint density at radius 3 is 2.74 bits per heavy atom. The zero-order chi connectivity index (χ0) is 16.8. The highest BCUT2D eigenvalue weighted by atomic mass is 35.5. The summed E-state index contributed by atoms with van der Waals surface area (Å²) in [6, 6.07) is 9.55. The second-order valence-electron chi connectivity index (χ2n) is 4.44. The number of hydrogen-bond donors (Lipinski definition) is 1. The smallest absolute Gasteiger partial charge is 0.342 e. The third-order valence-electron chi connectivity index (χ3n) is 2.89. The number of aromatic hydroxyl groups is 1. The van der Waals surface area contributed by atoms with E-state index in [2.05, 4.69) is 0 Å². The average molecular weight is 373 g/mol. The number of rotatable bonds is 6. The van der Waals surface area contributed by atoms with Crippen molar-refractivity contribution in [2.75, 3.05) is 19.5 Å². The molecule has 2 rings (SSSR count). The van der Waals surface area contributed by atoms with Crippen LogP contribution in [0.1, 0.15) is 10.4 Å². The van der Waals surface area contributed by atoms with E-state index in [-0.39, 0.29) is 17.9 Å². The average Bonchev–Trinajstić information content (AvgIpc) is 2.54.